The molecule has 0 aliphatic carbocycles. The molecule has 1 aromatic rings. The molecule has 0 atom stereocenters. The molecule has 0 fully saturated rings. The second-order valence-corrected chi connectivity index (χ2v) is 6.95. The van der Waals surface area contributed by atoms with Crippen molar-refractivity contribution in [3.63, 3.8) is 0 Å². The van der Waals surface area contributed by atoms with Crippen molar-refractivity contribution in [2.45, 2.75) is 13.8 Å². The average Bonchev–Trinajstić information content (AvgIpc) is 3.10. The molecule has 0 aromatic heterocycles. The molecule has 0 saturated carbocycles. The number of fused-ring (bicyclic) bond motifs is 1. The fourth-order valence-electron chi connectivity index (χ4n) is 2.54. The minimum Gasteiger partial charge on any atom is -0.301 e. The van der Waals surface area contributed by atoms with Gasteiger partial charge in [-0.1, -0.05) is 25.6 Å². The molecule has 3 amide bonds. The highest BCUT2D eigenvalue weighted by atomic mass is 32.2. The molecule has 0 spiro atoms. The molecule has 0 bridgehead atoms. The predicted octanol–water partition coefficient (Wildman–Crippen LogP) is 1.77. The van der Waals surface area contributed by atoms with Crippen molar-refractivity contribution in [1.82, 2.24) is 10.2 Å². The van der Waals surface area contributed by atoms with Crippen LogP contribution in [0.1, 0.15) is 44.9 Å². The molecule has 2 heterocycles. The van der Waals surface area contributed by atoms with E-state index in [4.69, 9.17) is 0 Å². The fourth-order valence-corrected chi connectivity index (χ4v) is 3.27. The van der Waals surface area contributed by atoms with Gasteiger partial charge in [0, 0.05) is 17.9 Å². The first-order valence-electron chi connectivity index (χ1n) is 7.46. The van der Waals surface area contributed by atoms with Gasteiger partial charge in [-0.2, -0.15) is 0 Å². The van der Waals surface area contributed by atoms with E-state index < -0.39 is 0 Å². The zero-order chi connectivity index (χ0) is 16.6. The van der Waals surface area contributed by atoms with Crippen LogP contribution < -0.4 is 5.32 Å². The summed E-state index contributed by atoms with van der Waals surface area (Å²) >= 11 is 1.49. The summed E-state index contributed by atoms with van der Waals surface area (Å²) < 4.78 is 0. The number of nitrogens with zero attached hydrogens (tertiary/aromatic N) is 2. The molecule has 0 unspecified atom stereocenters. The molecule has 2 aliphatic heterocycles. The Balaban J connectivity index is 1.83. The lowest BCUT2D eigenvalue weighted by Gasteiger charge is -2.15. The zero-order valence-corrected chi connectivity index (χ0v) is 13.8. The summed E-state index contributed by atoms with van der Waals surface area (Å²) in [7, 11) is 0. The lowest BCUT2D eigenvalue weighted by Crippen LogP contribution is -2.33. The maximum absolute atomic E-state index is 12.4. The minimum atomic E-state index is -0.332. The van der Waals surface area contributed by atoms with E-state index in [2.05, 4.69) is 10.3 Å². The standard InChI is InChI=1S/C16H17N3O3S/c1-9(2)8-19-14(21)11-4-3-10(7-12(11)15(19)22)13(20)18-16-17-5-6-23-16/h3-4,7,9H,5-6,8H2,1-2H3,(H,17,18,20). The Kier molecular flexibility index (Phi) is 4.21. The number of nitrogens with one attached hydrogen (secondary N) is 1. The molecule has 120 valence electrons. The van der Waals surface area contributed by atoms with E-state index in [1.54, 1.807) is 12.1 Å². The van der Waals surface area contributed by atoms with Crippen LogP contribution in [0.2, 0.25) is 0 Å². The van der Waals surface area contributed by atoms with Gasteiger partial charge in [-0.05, 0) is 24.1 Å². The van der Waals surface area contributed by atoms with Gasteiger partial charge in [-0.15, -0.1) is 0 Å². The van der Waals surface area contributed by atoms with Crippen LogP contribution in [0.4, 0.5) is 0 Å². The third-order valence-electron chi connectivity index (χ3n) is 3.59. The summed E-state index contributed by atoms with van der Waals surface area (Å²) in [6.45, 7) is 4.97. The van der Waals surface area contributed by atoms with Crippen LogP contribution in [0, 0.1) is 5.92 Å². The van der Waals surface area contributed by atoms with Crippen LogP contribution in [0.25, 0.3) is 0 Å². The van der Waals surface area contributed by atoms with Crippen molar-refractivity contribution in [2.75, 3.05) is 18.8 Å². The lowest BCUT2D eigenvalue weighted by molar-refractivity contribution is 0.0636. The van der Waals surface area contributed by atoms with E-state index >= 15 is 0 Å². The van der Waals surface area contributed by atoms with E-state index in [-0.39, 0.29) is 23.6 Å². The number of imide groups is 1. The van der Waals surface area contributed by atoms with Crippen molar-refractivity contribution in [3.8, 4) is 0 Å². The smallest absolute Gasteiger partial charge is 0.261 e. The first-order chi connectivity index (χ1) is 11.0. The maximum Gasteiger partial charge on any atom is 0.261 e. The summed E-state index contributed by atoms with van der Waals surface area (Å²) in [5, 5.41) is 3.32. The SMILES string of the molecule is CC(C)CN1C(=O)c2ccc(C(=O)NC3=NCCS3)cc2C1=O. The molecule has 0 saturated heterocycles. The van der Waals surface area contributed by atoms with E-state index in [0.717, 1.165) is 5.75 Å². The molecule has 23 heavy (non-hydrogen) atoms. The van der Waals surface area contributed by atoms with Crippen molar-refractivity contribution < 1.29 is 14.4 Å². The second-order valence-electron chi connectivity index (χ2n) is 5.86. The number of hydrogen-bond acceptors (Lipinski definition) is 5. The molecular weight excluding hydrogens is 314 g/mol. The summed E-state index contributed by atoms with van der Waals surface area (Å²) in [4.78, 5) is 42.3. The van der Waals surface area contributed by atoms with Crippen molar-refractivity contribution in [3.05, 3.63) is 34.9 Å². The molecule has 1 N–H and O–H groups in total. The summed E-state index contributed by atoms with van der Waals surface area (Å²) in [6, 6.07) is 4.61. The third-order valence-corrected chi connectivity index (χ3v) is 4.48. The van der Waals surface area contributed by atoms with Crippen LogP contribution in [0.15, 0.2) is 23.2 Å². The Morgan fingerprint density at radius 1 is 1.30 bits per heavy atom. The fraction of sp³-hybridized carbons (Fsp3) is 0.375. The molecule has 0 radical (unpaired) electrons. The Bertz CT molecular complexity index is 727. The van der Waals surface area contributed by atoms with Crippen LogP contribution in [0.3, 0.4) is 0 Å². The Hall–Kier alpha value is -2.15. The number of carbonyl (C=O) groups excluding carboxylic acids is 3. The highest BCUT2D eigenvalue weighted by Crippen LogP contribution is 2.25. The number of thioether (sulfide) groups is 1. The highest BCUT2D eigenvalue weighted by molar-refractivity contribution is 8.14. The molecule has 1 aromatic carbocycles. The van der Waals surface area contributed by atoms with E-state index in [0.29, 0.717) is 34.9 Å². The quantitative estimate of drug-likeness (QED) is 0.856. The van der Waals surface area contributed by atoms with Gasteiger partial charge in [0.05, 0.1) is 17.7 Å². The predicted molar refractivity (Wildman–Crippen MR) is 88.9 cm³/mol. The molecule has 2 aliphatic rings. The summed E-state index contributed by atoms with van der Waals surface area (Å²) in [5.74, 6) is 0.111. The van der Waals surface area contributed by atoms with Gasteiger partial charge in [0.15, 0.2) is 5.17 Å². The lowest BCUT2D eigenvalue weighted by atomic mass is 10.1. The Labute approximate surface area is 138 Å². The van der Waals surface area contributed by atoms with Crippen LogP contribution in [0.5, 0.6) is 0 Å². The molecular formula is C16H17N3O3S. The van der Waals surface area contributed by atoms with Gasteiger partial charge >= 0.3 is 0 Å². The van der Waals surface area contributed by atoms with Crippen molar-refractivity contribution >= 4 is 34.7 Å². The Morgan fingerprint density at radius 2 is 2.04 bits per heavy atom. The van der Waals surface area contributed by atoms with Gasteiger partial charge in [0.25, 0.3) is 17.7 Å². The van der Waals surface area contributed by atoms with Gasteiger partial charge in [-0.25, -0.2) is 0 Å². The number of amides is 3. The van der Waals surface area contributed by atoms with Gasteiger partial charge in [0.1, 0.15) is 0 Å². The molecule has 3 rings (SSSR count). The zero-order valence-electron chi connectivity index (χ0n) is 13.0. The summed E-state index contributed by atoms with van der Waals surface area (Å²) in [6.07, 6.45) is 0. The topological polar surface area (TPSA) is 78.8 Å². The summed E-state index contributed by atoms with van der Waals surface area (Å²) in [5.41, 5.74) is 1.01. The monoisotopic (exact) mass is 331 g/mol. The molecule has 6 nitrogen and oxygen atoms in total. The first kappa shape index (κ1) is 15.7. The highest BCUT2D eigenvalue weighted by Gasteiger charge is 2.36. The van der Waals surface area contributed by atoms with Crippen LogP contribution >= 0.6 is 11.8 Å². The van der Waals surface area contributed by atoms with E-state index in [9.17, 15) is 14.4 Å². The average molecular weight is 331 g/mol. The number of aliphatic imine (C=N–C) groups is 1. The number of amidine groups is 1. The normalized spacial score (nSPS) is 16.8. The number of carbonyl (C=O) groups is 3. The van der Waals surface area contributed by atoms with Gasteiger partial charge in [-0.3, -0.25) is 24.3 Å². The first-order valence-corrected chi connectivity index (χ1v) is 8.45. The van der Waals surface area contributed by atoms with Crippen molar-refractivity contribution in [2.24, 2.45) is 10.9 Å². The van der Waals surface area contributed by atoms with E-state index in [1.165, 1.54) is 22.7 Å². The van der Waals surface area contributed by atoms with Gasteiger partial charge < -0.3 is 5.32 Å². The van der Waals surface area contributed by atoms with E-state index in [1.807, 2.05) is 13.8 Å². The number of hydrogen-bond donors (Lipinski definition) is 1. The number of benzene rings is 1. The van der Waals surface area contributed by atoms with Crippen LogP contribution in [-0.2, 0) is 0 Å². The molecule has 7 heteroatoms. The maximum atomic E-state index is 12.4. The van der Waals surface area contributed by atoms with Gasteiger partial charge in [0.2, 0.25) is 0 Å². The third kappa shape index (κ3) is 3.01. The van der Waals surface area contributed by atoms with Crippen molar-refractivity contribution in [1.29, 1.82) is 0 Å². The minimum absolute atomic E-state index is 0.192. The Morgan fingerprint density at radius 3 is 2.70 bits per heavy atom. The van der Waals surface area contributed by atoms with Crippen LogP contribution in [-0.4, -0.2) is 46.6 Å². The number of rotatable bonds is 3. The second kappa shape index (κ2) is 6.16. The largest absolute Gasteiger partial charge is 0.301 e.